The van der Waals surface area contributed by atoms with Gasteiger partial charge in [0.05, 0.1) is 20.8 Å². The van der Waals surface area contributed by atoms with Crippen molar-refractivity contribution in [3.63, 3.8) is 0 Å². The molecule has 0 bridgehead atoms. The van der Waals surface area contributed by atoms with Crippen LogP contribution in [0.2, 0.25) is 0 Å². The molecule has 1 atom stereocenters. The van der Waals surface area contributed by atoms with E-state index in [1.165, 1.54) is 0 Å². The summed E-state index contributed by atoms with van der Waals surface area (Å²) >= 11 is 0. The molecule has 0 aromatic heterocycles. The number of amides is 1. The summed E-state index contributed by atoms with van der Waals surface area (Å²) in [5.74, 6) is 1.72. The van der Waals surface area contributed by atoms with Crippen LogP contribution in [0.3, 0.4) is 0 Å². The molecule has 1 unspecified atom stereocenters. The van der Waals surface area contributed by atoms with E-state index in [1.54, 1.807) is 14.2 Å². The summed E-state index contributed by atoms with van der Waals surface area (Å²) < 4.78 is 10.9. The zero-order valence-electron chi connectivity index (χ0n) is 14.8. The molecule has 0 saturated carbocycles. The van der Waals surface area contributed by atoms with Gasteiger partial charge in [-0.3, -0.25) is 9.69 Å². The average molecular weight is 320 g/mol. The van der Waals surface area contributed by atoms with Gasteiger partial charge in [-0.05, 0) is 58.4 Å². The molecule has 1 aromatic rings. The normalized spacial score (nSPS) is 18.7. The summed E-state index contributed by atoms with van der Waals surface area (Å²) in [7, 11) is 3.34. The lowest BCUT2D eigenvalue weighted by atomic mass is 10.0. The van der Waals surface area contributed by atoms with Crippen molar-refractivity contribution in [2.24, 2.45) is 0 Å². The van der Waals surface area contributed by atoms with E-state index < -0.39 is 0 Å². The Morgan fingerprint density at radius 1 is 1.30 bits per heavy atom. The van der Waals surface area contributed by atoms with Gasteiger partial charge in [0.25, 0.3) is 0 Å². The van der Waals surface area contributed by atoms with Gasteiger partial charge in [0.1, 0.15) is 11.5 Å². The number of hydrogen-bond acceptors (Lipinski definition) is 4. The molecule has 1 aliphatic heterocycles. The van der Waals surface area contributed by atoms with Crippen molar-refractivity contribution in [1.29, 1.82) is 0 Å². The number of benzene rings is 1. The van der Waals surface area contributed by atoms with Gasteiger partial charge < -0.3 is 14.8 Å². The molecule has 1 heterocycles. The van der Waals surface area contributed by atoms with E-state index in [-0.39, 0.29) is 17.5 Å². The molecule has 1 N–H and O–H groups in total. The lowest BCUT2D eigenvalue weighted by Crippen LogP contribution is -2.45. The highest BCUT2D eigenvalue weighted by atomic mass is 16.5. The van der Waals surface area contributed by atoms with Crippen LogP contribution in [0.4, 0.5) is 0 Å². The average Bonchev–Trinajstić information content (AvgIpc) is 2.92. The zero-order chi connectivity index (χ0) is 17.0. The molecule has 0 aliphatic carbocycles. The van der Waals surface area contributed by atoms with Gasteiger partial charge in [-0.2, -0.15) is 0 Å². The third kappa shape index (κ3) is 4.61. The van der Waals surface area contributed by atoms with Gasteiger partial charge >= 0.3 is 0 Å². The quantitative estimate of drug-likeness (QED) is 0.906. The summed E-state index contributed by atoms with van der Waals surface area (Å²) in [6.45, 7) is 7.32. The number of carbonyl (C=O) groups excluding carboxylic acids is 1. The van der Waals surface area contributed by atoms with Gasteiger partial charge in [0.15, 0.2) is 0 Å². The van der Waals surface area contributed by atoms with E-state index in [0.29, 0.717) is 6.54 Å². The van der Waals surface area contributed by atoms with Crippen molar-refractivity contribution in [1.82, 2.24) is 10.2 Å². The van der Waals surface area contributed by atoms with Gasteiger partial charge in [0.2, 0.25) is 5.91 Å². The Morgan fingerprint density at radius 3 is 2.65 bits per heavy atom. The number of likely N-dealkylation sites (tertiary alicyclic amines) is 1. The number of nitrogens with zero attached hydrogens (tertiary/aromatic N) is 1. The highest BCUT2D eigenvalue weighted by Gasteiger charge is 2.30. The lowest BCUT2D eigenvalue weighted by molar-refractivity contribution is -0.123. The second kappa shape index (κ2) is 7.21. The monoisotopic (exact) mass is 320 g/mol. The lowest BCUT2D eigenvalue weighted by Gasteiger charge is -2.28. The largest absolute Gasteiger partial charge is 0.497 e. The highest BCUT2D eigenvalue weighted by Crippen LogP contribution is 2.38. The van der Waals surface area contributed by atoms with Crippen molar-refractivity contribution >= 4 is 5.91 Å². The molecule has 0 radical (unpaired) electrons. The first-order valence-corrected chi connectivity index (χ1v) is 8.11. The number of nitrogens with one attached hydrogen (secondary N) is 1. The van der Waals surface area contributed by atoms with Crippen LogP contribution in [-0.2, 0) is 4.79 Å². The van der Waals surface area contributed by atoms with E-state index in [0.717, 1.165) is 36.4 Å². The Balaban J connectivity index is 2.17. The molecule has 1 fully saturated rings. The Bertz CT molecular complexity index is 552. The highest BCUT2D eigenvalue weighted by molar-refractivity contribution is 5.78. The van der Waals surface area contributed by atoms with Crippen LogP contribution in [0, 0.1) is 0 Å². The number of methoxy groups -OCH3 is 2. The van der Waals surface area contributed by atoms with E-state index >= 15 is 0 Å². The van der Waals surface area contributed by atoms with Gasteiger partial charge in [-0.15, -0.1) is 0 Å². The van der Waals surface area contributed by atoms with Crippen molar-refractivity contribution in [3.05, 3.63) is 23.8 Å². The fourth-order valence-corrected chi connectivity index (χ4v) is 3.11. The third-order valence-corrected chi connectivity index (χ3v) is 4.02. The van der Waals surface area contributed by atoms with Gasteiger partial charge in [0, 0.05) is 17.1 Å². The van der Waals surface area contributed by atoms with Crippen molar-refractivity contribution in [2.45, 2.75) is 45.2 Å². The minimum atomic E-state index is -0.208. The predicted octanol–water partition coefficient (Wildman–Crippen LogP) is 2.76. The second-order valence-electron chi connectivity index (χ2n) is 7.03. The standard InChI is InChI=1S/C18H28N2O3/c1-18(2,3)19-17(21)12-20-10-6-7-15(20)14-11-13(22-4)8-9-16(14)23-5/h8-9,11,15H,6-7,10,12H2,1-5H3,(H,19,21). The molecular formula is C18H28N2O3. The molecule has 1 amide bonds. The maximum atomic E-state index is 12.3. The molecule has 5 heteroatoms. The van der Waals surface area contributed by atoms with Gasteiger partial charge in [-0.25, -0.2) is 0 Å². The van der Waals surface area contributed by atoms with Crippen molar-refractivity contribution < 1.29 is 14.3 Å². The zero-order valence-corrected chi connectivity index (χ0v) is 14.8. The van der Waals surface area contributed by atoms with E-state index in [2.05, 4.69) is 10.2 Å². The first kappa shape index (κ1) is 17.6. The van der Waals surface area contributed by atoms with Crippen molar-refractivity contribution in [3.8, 4) is 11.5 Å². The minimum absolute atomic E-state index is 0.0614. The number of rotatable bonds is 5. The second-order valence-corrected chi connectivity index (χ2v) is 7.03. The Morgan fingerprint density at radius 2 is 2.04 bits per heavy atom. The minimum Gasteiger partial charge on any atom is -0.497 e. The predicted molar refractivity (Wildman–Crippen MR) is 91.0 cm³/mol. The summed E-state index contributed by atoms with van der Waals surface area (Å²) in [6, 6.07) is 6.03. The molecule has 1 aromatic carbocycles. The SMILES string of the molecule is COc1ccc(OC)c(C2CCCN2CC(=O)NC(C)(C)C)c1. The Labute approximate surface area is 139 Å². The molecular weight excluding hydrogens is 292 g/mol. The van der Waals surface area contributed by atoms with E-state index in [1.807, 2.05) is 39.0 Å². The summed E-state index contributed by atoms with van der Waals surface area (Å²) in [4.78, 5) is 14.5. The number of ether oxygens (including phenoxy) is 2. The molecule has 2 rings (SSSR count). The first-order chi connectivity index (χ1) is 10.8. The summed E-state index contributed by atoms with van der Waals surface area (Å²) in [6.07, 6.45) is 2.10. The van der Waals surface area contributed by atoms with Crippen LogP contribution < -0.4 is 14.8 Å². The third-order valence-electron chi connectivity index (χ3n) is 4.02. The van der Waals surface area contributed by atoms with Crippen LogP contribution in [-0.4, -0.2) is 43.7 Å². The fourth-order valence-electron chi connectivity index (χ4n) is 3.11. The number of carbonyl (C=O) groups is 1. The van der Waals surface area contributed by atoms with Gasteiger partial charge in [-0.1, -0.05) is 0 Å². The van der Waals surface area contributed by atoms with Crippen LogP contribution >= 0.6 is 0 Å². The molecule has 23 heavy (non-hydrogen) atoms. The summed E-state index contributed by atoms with van der Waals surface area (Å²) in [5.41, 5.74) is 0.882. The summed E-state index contributed by atoms with van der Waals surface area (Å²) in [5, 5.41) is 3.03. The molecule has 1 saturated heterocycles. The van der Waals surface area contributed by atoms with Crippen molar-refractivity contribution in [2.75, 3.05) is 27.3 Å². The maximum absolute atomic E-state index is 12.3. The van der Waals surface area contributed by atoms with E-state index in [9.17, 15) is 4.79 Å². The van der Waals surface area contributed by atoms with Crippen LogP contribution in [0.1, 0.15) is 45.2 Å². The van der Waals surface area contributed by atoms with E-state index in [4.69, 9.17) is 9.47 Å². The Kier molecular flexibility index (Phi) is 5.52. The maximum Gasteiger partial charge on any atom is 0.234 e. The fraction of sp³-hybridized carbons (Fsp3) is 0.611. The van der Waals surface area contributed by atoms with Crippen LogP contribution in [0.15, 0.2) is 18.2 Å². The van der Waals surface area contributed by atoms with Crippen LogP contribution in [0.25, 0.3) is 0 Å². The molecule has 128 valence electrons. The molecule has 1 aliphatic rings. The smallest absolute Gasteiger partial charge is 0.234 e. The molecule has 0 spiro atoms. The topological polar surface area (TPSA) is 50.8 Å². The molecule has 5 nitrogen and oxygen atoms in total. The van der Waals surface area contributed by atoms with Crippen LogP contribution in [0.5, 0.6) is 11.5 Å². The number of hydrogen-bond donors (Lipinski definition) is 1. The first-order valence-electron chi connectivity index (χ1n) is 8.11. The Hall–Kier alpha value is -1.75.